The molecule has 0 bridgehead atoms. The largest absolute Gasteiger partial charge is 0.361 e. The molecule has 2 rings (SSSR count). The number of nitrogens with zero attached hydrogens (tertiary/aromatic N) is 3. The van der Waals surface area contributed by atoms with Crippen molar-refractivity contribution in [2.75, 3.05) is 11.9 Å². The third-order valence-electron chi connectivity index (χ3n) is 1.81. The highest BCUT2D eigenvalue weighted by molar-refractivity contribution is 9.10. The van der Waals surface area contributed by atoms with Crippen molar-refractivity contribution in [3.05, 3.63) is 22.1 Å². The lowest BCUT2D eigenvalue weighted by molar-refractivity contribution is 0.805. The molecule has 0 amide bonds. The first-order chi connectivity index (χ1) is 7.34. The van der Waals surface area contributed by atoms with Gasteiger partial charge in [-0.15, -0.1) is 11.3 Å². The van der Waals surface area contributed by atoms with Crippen LogP contribution in [0.3, 0.4) is 0 Å². The van der Waals surface area contributed by atoms with E-state index in [2.05, 4.69) is 41.4 Å². The minimum absolute atomic E-state index is 0.880. The van der Waals surface area contributed by atoms with Crippen LogP contribution in [0.15, 0.2) is 16.3 Å². The van der Waals surface area contributed by atoms with E-state index < -0.39 is 0 Å². The number of halogens is 1. The second-order valence-electron chi connectivity index (χ2n) is 2.94. The van der Waals surface area contributed by atoms with Crippen molar-refractivity contribution < 1.29 is 0 Å². The summed E-state index contributed by atoms with van der Waals surface area (Å²) in [4.78, 5) is 8.28. The zero-order valence-electron chi connectivity index (χ0n) is 7.90. The van der Waals surface area contributed by atoms with Crippen LogP contribution in [-0.4, -0.2) is 26.7 Å². The summed E-state index contributed by atoms with van der Waals surface area (Å²) < 4.78 is 0.880. The van der Waals surface area contributed by atoms with E-state index in [-0.39, 0.29) is 0 Å². The molecule has 2 aromatic rings. The summed E-state index contributed by atoms with van der Waals surface area (Å²) in [5.74, 6) is 0.928. The van der Waals surface area contributed by atoms with Crippen molar-refractivity contribution in [1.82, 2.24) is 20.2 Å². The maximum absolute atomic E-state index is 4.23. The van der Waals surface area contributed by atoms with Crippen molar-refractivity contribution in [3.8, 4) is 0 Å². The third kappa shape index (κ3) is 3.28. The summed E-state index contributed by atoms with van der Waals surface area (Å²) in [5.41, 5.74) is 0. The van der Waals surface area contributed by atoms with Crippen molar-refractivity contribution in [2.24, 2.45) is 0 Å². The van der Waals surface area contributed by atoms with E-state index in [1.165, 1.54) is 6.33 Å². The number of hydrogen-bond acceptors (Lipinski definition) is 5. The molecule has 0 aromatic carbocycles. The van der Waals surface area contributed by atoms with Gasteiger partial charge in [0.05, 0.1) is 0 Å². The van der Waals surface area contributed by atoms with E-state index >= 15 is 0 Å². The topological polar surface area (TPSA) is 66.5 Å². The van der Waals surface area contributed by atoms with Gasteiger partial charge in [-0.25, -0.2) is 9.97 Å². The van der Waals surface area contributed by atoms with E-state index in [1.54, 1.807) is 11.3 Å². The first kappa shape index (κ1) is 10.6. The second kappa shape index (κ2) is 5.22. The minimum atomic E-state index is 0.880. The number of aromatic nitrogens is 4. The van der Waals surface area contributed by atoms with Crippen LogP contribution in [0.4, 0.5) is 5.13 Å². The molecular formula is C8H10BrN5S. The average Bonchev–Trinajstić information content (AvgIpc) is 2.84. The van der Waals surface area contributed by atoms with Gasteiger partial charge in [0.1, 0.15) is 16.8 Å². The molecule has 7 heteroatoms. The molecule has 80 valence electrons. The van der Waals surface area contributed by atoms with Crippen LogP contribution in [-0.2, 0) is 6.42 Å². The monoisotopic (exact) mass is 287 g/mol. The Morgan fingerprint density at radius 2 is 2.47 bits per heavy atom. The zero-order chi connectivity index (χ0) is 10.5. The summed E-state index contributed by atoms with van der Waals surface area (Å²) in [6.07, 6.45) is 3.44. The van der Waals surface area contributed by atoms with E-state index in [9.17, 15) is 0 Å². The first-order valence-electron chi connectivity index (χ1n) is 4.54. The van der Waals surface area contributed by atoms with Gasteiger partial charge in [0.25, 0.3) is 0 Å². The van der Waals surface area contributed by atoms with E-state index in [0.29, 0.717) is 0 Å². The van der Waals surface area contributed by atoms with E-state index in [0.717, 1.165) is 34.9 Å². The Hall–Kier alpha value is -0.950. The van der Waals surface area contributed by atoms with Crippen LogP contribution in [0, 0.1) is 0 Å². The predicted molar refractivity (Wildman–Crippen MR) is 63.0 cm³/mol. The Bertz CT molecular complexity index is 399. The number of rotatable bonds is 5. The standard InChI is InChI=1S/C8H10BrN5S/c9-6-4-15-8(13-6)10-3-1-2-7-11-5-12-14-7/h4-5H,1-3H2,(H,10,13)(H,11,12,14). The molecule has 0 aliphatic heterocycles. The lowest BCUT2D eigenvalue weighted by atomic mass is 10.3. The summed E-state index contributed by atoms with van der Waals surface area (Å²) in [7, 11) is 0. The van der Waals surface area contributed by atoms with Crippen LogP contribution in [0.5, 0.6) is 0 Å². The Labute approximate surface area is 99.5 Å². The highest BCUT2D eigenvalue weighted by atomic mass is 79.9. The average molecular weight is 288 g/mol. The summed E-state index contributed by atoms with van der Waals surface area (Å²) in [6, 6.07) is 0. The van der Waals surface area contributed by atoms with Crippen molar-refractivity contribution in [3.63, 3.8) is 0 Å². The summed E-state index contributed by atoms with van der Waals surface area (Å²) in [5, 5.41) is 12.8. The fourth-order valence-electron chi connectivity index (χ4n) is 1.14. The van der Waals surface area contributed by atoms with Gasteiger partial charge in [-0.3, -0.25) is 5.10 Å². The second-order valence-corrected chi connectivity index (χ2v) is 4.61. The van der Waals surface area contributed by atoms with Gasteiger partial charge >= 0.3 is 0 Å². The SMILES string of the molecule is Brc1csc(NCCCc2ncn[nH]2)n1. The Morgan fingerprint density at radius 1 is 1.53 bits per heavy atom. The lowest BCUT2D eigenvalue weighted by Gasteiger charge is -2.00. The Kier molecular flexibility index (Phi) is 3.68. The fourth-order valence-corrected chi connectivity index (χ4v) is 2.31. The number of hydrogen-bond donors (Lipinski definition) is 2. The molecule has 0 fully saturated rings. The van der Waals surface area contributed by atoms with Gasteiger partial charge in [-0.05, 0) is 22.4 Å². The predicted octanol–water partition coefficient (Wildman–Crippen LogP) is 2.07. The molecule has 5 nitrogen and oxygen atoms in total. The minimum Gasteiger partial charge on any atom is -0.361 e. The molecule has 0 aliphatic carbocycles. The van der Waals surface area contributed by atoms with E-state index in [1.807, 2.05) is 5.38 Å². The maximum Gasteiger partial charge on any atom is 0.183 e. The zero-order valence-corrected chi connectivity index (χ0v) is 10.3. The van der Waals surface area contributed by atoms with E-state index in [4.69, 9.17) is 0 Å². The number of H-pyrrole nitrogens is 1. The smallest absolute Gasteiger partial charge is 0.183 e. The molecule has 0 radical (unpaired) electrons. The van der Waals surface area contributed by atoms with Crippen LogP contribution < -0.4 is 5.32 Å². The quantitative estimate of drug-likeness (QED) is 0.827. The number of nitrogens with one attached hydrogen (secondary N) is 2. The van der Waals surface area contributed by atoms with Gasteiger partial charge in [-0.2, -0.15) is 5.10 Å². The number of thiazole rings is 1. The first-order valence-corrected chi connectivity index (χ1v) is 6.21. The maximum atomic E-state index is 4.23. The van der Waals surface area contributed by atoms with Gasteiger partial charge < -0.3 is 5.32 Å². The van der Waals surface area contributed by atoms with Crippen LogP contribution >= 0.6 is 27.3 Å². The Balaban J connectivity index is 1.67. The fraction of sp³-hybridized carbons (Fsp3) is 0.375. The molecule has 0 spiro atoms. The van der Waals surface area contributed by atoms with Gasteiger partial charge in [-0.1, -0.05) is 0 Å². The summed E-state index contributed by atoms with van der Waals surface area (Å²) in [6.45, 7) is 0.890. The molecule has 2 heterocycles. The third-order valence-corrected chi connectivity index (χ3v) is 3.32. The molecule has 0 atom stereocenters. The number of anilines is 1. The molecule has 2 N–H and O–H groups in total. The van der Waals surface area contributed by atoms with Crippen LogP contribution in [0.2, 0.25) is 0 Å². The molecule has 15 heavy (non-hydrogen) atoms. The normalized spacial score (nSPS) is 10.5. The van der Waals surface area contributed by atoms with Crippen LogP contribution in [0.1, 0.15) is 12.2 Å². The molecule has 2 aromatic heterocycles. The highest BCUT2D eigenvalue weighted by Crippen LogP contribution is 2.19. The molecule has 0 unspecified atom stereocenters. The van der Waals surface area contributed by atoms with Crippen molar-refractivity contribution in [1.29, 1.82) is 0 Å². The molecule has 0 saturated heterocycles. The molecular weight excluding hydrogens is 278 g/mol. The van der Waals surface area contributed by atoms with Crippen molar-refractivity contribution in [2.45, 2.75) is 12.8 Å². The van der Waals surface area contributed by atoms with Gasteiger partial charge in [0.2, 0.25) is 0 Å². The van der Waals surface area contributed by atoms with Crippen molar-refractivity contribution >= 4 is 32.4 Å². The molecule has 0 aliphatic rings. The summed E-state index contributed by atoms with van der Waals surface area (Å²) >= 11 is 4.90. The van der Waals surface area contributed by atoms with Gasteiger partial charge in [0, 0.05) is 18.3 Å². The highest BCUT2D eigenvalue weighted by Gasteiger charge is 1.99. The lowest BCUT2D eigenvalue weighted by Crippen LogP contribution is -2.03. The Morgan fingerprint density at radius 3 is 3.13 bits per heavy atom. The van der Waals surface area contributed by atoms with Gasteiger partial charge in [0.15, 0.2) is 5.13 Å². The number of aryl methyl sites for hydroxylation is 1. The number of aromatic amines is 1. The van der Waals surface area contributed by atoms with Crippen LogP contribution in [0.25, 0.3) is 0 Å². The molecule has 0 saturated carbocycles.